The topological polar surface area (TPSA) is 97.8 Å². The van der Waals surface area contributed by atoms with E-state index in [1.807, 2.05) is 6.92 Å². The number of methoxy groups -OCH3 is 1. The number of allylic oxidation sites excluding steroid dienone is 1. The largest absolute Gasteiger partial charge is 0.479 e. The third-order valence-electron chi connectivity index (χ3n) is 4.27. The molecule has 0 atom stereocenters. The summed E-state index contributed by atoms with van der Waals surface area (Å²) in [6.07, 6.45) is 3.14. The first-order valence-corrected chi connectivity index (χ1v) is 11.6. The first-order chi connectivity index (χ1) is 14.7. The maximum absolute atomic E-state index is 13.9. The number of hydrogen-bond donors (Lipinski definition) is 2. The summed E-state index contributed by atoms with van der Waals surface area (Å²) in [5.41, 5.74) is -2.15. The van der Waals surface area contributed by atoms with Gasteiger partial charge in [0.25, 0.3) is 10.0 Å². The van der Waals surface area contributed by atoms with Crippen molar-refractivity contribution in [1.29, 1.82) is 0 Å². The molecular weight excluding hydrogens is 462 g/mol. The molecule has 0 fully saturated rings. The molecular formula is C21H28F2N2O5S2. The summed E-state index contributed by atoms with van der Waals surface area (Å²) in [5, 5.41) is 10.2. The molecule has 0 aliphatic heterocycles. The van der Waals surface area contributed by atoms with Crippen LogP contribution >= 0.6 is 12.0 Å². The number of rotatable bonds is 8. The lowest BCUT2D eigenvalue weighted by atomic mass is 9.90. The van der Waals surface area contributed by atoms with Crippen molar-refractivity contribution in [1.82, 2.24) is 4.98 Å². The second-order valence-electron chi connectivity index (χ2n) is 7.55. The van der Waals surface area contributed by atoms with E-state index < -0.39 is 37.8 Å². The van der Waals surface area contributed by atoms with Crippen molar-refractivity contribution in [2.75, 3.05) is 11.8 Å². The number of benzene rings is 1. The Morgan fingerprint density at radius 3 is 2.31 bits per heavy atom. The zero-order valence-corrected chi connectivity index (χ0v) is 20.4. The van der Waals surface area contributed by atoms with Crippen molar-refractivity contribution in [3.63, 3.8) is 0 Å². The summed E-state index contributed by atoms with van der Waals surface area (Å²) in [4.78, 5) is 3.69. The zero-order chi connectivity index (χ0) is 24.7. The van der Waals surface area contributed by atoms with Gasteiger partial charge < -0.3 is 14.0 Å². The van der Waals surface area contributed by atoms with E-state index in [0.29, 0.717) is 11.0 Å². The molecule has 0 aliphatic carbocycles. The third-order valence-corrected chi connectivity index (χ3v) is 6.58. The molecule has 0 radical (unpaired) electrons. The van der Waals surface area contributed by atoms with Crippen molar-refractivity contribution in [2.24, 2.45) is 0 Å². The summed E-state index contributed by atoms with van der Waals surface area (Å²) in [5.74, 6) is -2.18. The third kappa shape index (κ3) is 7.44. The van der Waals surface area contributed by atoms with E-state index in [1.54, 1.807) is 33.8 Å². The van der Waals surface area contributed by atoms with Gasteiger partial charge in [-0.3, -0.25) is 4.72 Å². The Labute approximate surface area is 192 Å². The minimum absolute atomic E-state index is 0.0535. The fourth-order valence-electron chi connectivity index (χ4n) is 1.86. The van der Waals surface area contributed by atoms with Crippen LogP contribution in [-0.2, 0) is 14.2 Å². The second kappa shape index (κ2) is 11.1. The molecule has 0 aliphatic rings. The van der Waals surface area contributed by atoms with Gasteiger partial charge in [0.2, 0.25) is 5.88 Å². The lowest BCUT2D eigenvalue weighted by Gasteiger charge is -2.35. The fourth-order valence-corrected chi connectivity index (χ4v) is 3.74. The molecule has 178 valence electrons. The van der Waals surface area contributed by atoms with Crippen molar-refractivity contribution in [3.05, 3.63) is 54.8 Å². The molecule has 0 bridgehead atoms. The quantitative estimate of drug-likeness (QED) is 0.400. The van der Waals surface area contributed by atoms with Crippen LogP contribution in [0.3, 0.4) is 0 Å². The number of pyridine rings is 1. The number of hydrogen-bond acceptors (Lipinski definition) is 7. The molecule has 11 heteroatoms. The van der Waals surface area contributed by atoms with Gasteiger partial charge >= 0.3 is 0 Å². The average Bonchev–Trinajstić information content (AvgIpc) is 2.65. The zero-order valence-electron chi connectivity index (χ0n) is 18.8. The molecule has 0 saturated heterocycles. The molecule has 0 unspecified atom stereocenters. The Kier molecular flexibility index (Phi) is 9.64. The van der Waals surface area contributed by atoms with Gasteiger partial charge in [-0.2, -0.15) is 0 Å². The van der Waals surface area contributed by atoms with Crippen LogP contribution in [0.5, 0.6) is 5.88 Å². The lowest BCUT2D eigenvalue weighted by molar-refractivity contribution is -0.0813. The van der Waals surface area contributed by atoms with Crippen LogP contribution in [0.4, 0.5) is 14.5 Å². The van der Waals surface area contributed by atoms with E-state index in [2.05, 4.69) is 16.3 Å². The SMILES string of the molecule is C=CC.COc1ncc(SOC(C)(C)C(C)(C)O)cc1NS(=O)(=O)c1ccc(F)cc1F. The van der Waals surface area contributed by atoms with Crippen LogP contribution in [0, 0.1) is 11.6 Å². The van der Waals surface area contributed by atoms with Crippen LogP contribution in [0.15, 0.2) is 52.9 Å². The molecule has 2 aromatic rings. The van der Waals surface area contributed by atoms with Gasteiger partial charge in [0, 0.05) is 24.3 Å². The van der Waals surface area contributed by atoms with Gasteiger partial charge in [0.1, 0.15) is 27.8 Å². The molecule has 7 nitrogen and oxygen atoms in total. The number of nitrogens with zero attached hydrogens (tertiary/aromatic N) is 1. The van der Waals surface area contributed by atoms with Crippen LogP contribution < -0.4 is 9.46 Å². The van der Waals surface area contributed by atoms with E-state index in [0.717, 1.165) is 24.2 Å². The van der Waals surface area contributed by atoms with Crippen LogP contribution in [0.2, 0.25) is 0 Å². The maximum Gasteiger partial charge on any atom is 0.264 e. The highest BCUT2D eigenvalue weighted by atomic mass is 32.2. The van der Waals surface area contributed by atoms with E-state index in [4.69, 9.17) is 8.92 Å². The van der Waals surface area contributed by atoms with Gasteiger partial charge in [-0.15, -0.1) is 6.58 Å². The van der Waals surface area contributed by atoms with Crippen LogP contribution in [0.25, 0.3) is 0 Å². The van der Waals surface area contributed by atoms with E-state index in [1.165, 1.54) is 19.4 Å². The van der Waals surface area contributed by atoms with Gasteiger partial charge in [-0.1, -0.05) is 6.08 Å². The molecule has 1 aromatic carbocycles. The number of sulfonamides is 1. The van der Waals surface area contributed by atoms with Gasteiger partial charge in [0.15, 0.2) is 0 Å². The first-order valence-electron chi connectivity index (χ1n) is 9.35. The molecule has 2 rings (SSSR count). The smallest absolute Gasteiger partial charge is 0.264 e. The standard InChI is InChI=1S/C18H22F2N2O5S2.C3H6/c1-17(2,23)18(3,4)27-28-12-9-14(16(26-5)21-10-12)22-29(24,25)15-7-6-11(19)8-13(15)20;1-3-2/h6-10,22-23H,1-5H3;3H,1H2,2H3. The maximum atomic E-state index is 13.9. The number of aromatic nitrogens is 1. The molecule has 1 heterocycles. The van der Waals surface area contributed by atoms with Crippen LogP contribution in [0.1, 0.15) is 34.6 Å². The Morgan fingerprint density at radius 2 is 1.81 bits per heavy atom. The number of ether oxygens (including phenoxy) is 1. The van der Waals surface area contributed by atoms with Gasteiger partial charge in [-0.05, 0) is 52.8 Å². The van der Waals surface area contributed by atoms with Crippen molar-refractivity contribution in [2.45, 2.75) is 55.6 Å². The highest BCUT2D eigenvalue weighted by Crippen LogP contribution is 2.35. The van der Waals surface area contributed by atoms with E-state index in [9.17, 15) is 22.3 Å². The first kappa shape index (κ1) is 27.8. The van der Waals surface area contributed by atoms with Gasteiger partial charge in [-0.25, -0.2) is 22.2 Å². The van der Waals surface area contributed by atoms with Crippen molar-refractivity contribution >= 4 is 27.8 Å². The van der Waals surface area contributed by atoms with Crippen molar-refractivity contribution in [3.8, 4) is 5.88 Å². The predicted molar refractivity (Wildman–Crippen MR) is 121 cm³/mol. The Morgan fingerprint density at radius 1 is 1.22 bits per heavy atom. The Bertz CT molecular complexity index is 1040. The Hall–Kier alpha value is -2.21. The van der Waals surface area contributed by atoms with Gasteiger partial charge in [0.05, 0.1) is 17.6 Å². The number of nitrogens with one attached hydrogen (secondary N) is 1. The molecule has 0 spiro atoms. The average molecular weight is 491 g/mol. The Balaban J connectivity index is 0.00000161. The van der Waals surface area contributed by atoms with Crippen LogP contribution in [-0.4, -0.2) is 36.8 Å². The molecule has 32 heavy (non-hydrogen) atoms. The summed E-state index contributed by atoms with van der Waals surface area (Å²) >= 11 is 0.878. The summed E-state index contributed by atoms with van der Waals surface area (Å²) in [7, 11) is -3.09. The summed E-state index contributed by atoms with van der Waals surface area (Å²) in [6, 6.07) is 3.52. The summed E-state index contributed by atoms with van der Waals surface area (Å²) in [6.45, 7) is 11.8. The van der Waals surface area contributed by atoms with E-state index in [-0.39, 0.29) is 11.6 Å². The second-order valence-corrected chi connectivity index (χ2v) is 10.0. The van der Waals surface area contributed by atoms with E-state index >= 15 is 0 Å². The minimum atomic E-state index is -4.38. The predicted octanol–water partition coefficient (Wildman–Crippen LogP) is 4.93. The highest BCUT2D eigenvalue weighted by molar-refractivity contribution is 7.94. The number of aliphatic hydroxyl groups is 1. The fraction of sp³-hybridized carbons (Fsp3) is 0.381. The minimum Gasteiger partial charge on any atom is -0.479 e. The number of halogens is 2. The molecule has 2 N–H and O–H groups in total. The molecule has 0 saturated carbocycles. The monoisotopic (exact) mass is 490 g/mol. The molecule has 1 aromatic heterocycles. The molecule has 0 amide bonds. The number of anilines is 1. The normalized spacial score (nSPS) is 11.9. The lowest BCUT2D eigenvalue weighted by Crippen LogP contribution is -2.45. The summed E-state index contributed by atoms with van der Waals surface area (Å²) < 4.78 is 65.0. The van der Waals surface area contributed by atoms with Crippen molar-refractivity contribution < 1.29 is 31.2 Å². The highest BCUT2D eigenvalue weighted by Gasteiger charge is 2.37.